The van der Waals surface area contributed by atoms with Crippen LogP contribution >= 0.6 is 0 Å². The molecule has 40 valence electrons. The second-order valence-electron chi connectivity index (χ2n) is 1.22. The Morgan fingerprint density at radius 1 is 1.57 bits per heavy atom. The van der Waals surface area contributed by atoms with Gasteiger partial charge in [-0.2, -0.15) is 0 Å². The lowest BCUT2D eigenvalue weighted by molar-refractivity contribution is 0.534. The fourth-order valence-electron chi connectivity index (χ4n) is 0.361. The van der Waals surface area contributed by atoms with Crippen molar-refractivity contribution < 1.29 is 4.42 Å². The fraction of sp³-hybridized carbons (Fsp3) is 0.200. The minimum atomic E-state index is 0. The zero-order valence-corrected chi connectivity index (χ0v) is 4.35. The maximum absolute atomic E-state index is 4.83. The Morgan fingerprint density at radius 2 is 2.29 bits per heavy atom. The number of rotatable bonds is 0. The predicted octanol–water partition coefficient (Wildman–Crippen LogP) is 1.75. The van der Waals surface area contributed by atoms with E-state index in [1.54, 1.807) is 6.26 Å². The molecule has 3 N–H and O–H groups in total. The number of aryl methyl sites for hydroxylation is 1. The first-order valence-electron chi connectivity index (χ1n) is 1.90. The molecule has 0 aliphatic rings. The fourth-order valence-corrected chi connectivity index (χ4v) is 0.361. The van der Waals surface area contributed by atoms with Crippen LogP contribution in [0.3, 0.4) is 0 Å². The summed E-state index contributed by atoms with van der Waals surface area (Å²) in [5.41, 5.74) is 0. The molecule has 0 aromatic carbocycles. The highest BCUT2D eigenvalue weighted by Gasteiger charge is 1.75. The Morgan fingerprint density at radius 3 is 2.43 bits per heavy atom. The molecule has 0 unspecified atom stereocenters. The Kier molecular flexibility index (Phi) is 2.16. The van der Waals surface area contributed by atoms with Crippen LogP contribution in [0, 0.1) is 6.92 Å². The van der Waals surface area contributed by atoms with Crippen molar-refractivity contribution in [2.75, 3.05) is 0 Å². The Labute approximate surface area is 42.7 Å². The Balaban J connectivity index is 0.000000360. The first-order valence-corrected chi connectivity index (χ1v) is 1.90. The van der Waals surface area contributed by atoms with Crippen LogP contribution in [0.4, 0.5) is 0 Å². The van der Waals surface area contributed by atoms with Crippen molar-refractivity contribution in [2.24, 2.45) is 0 Å². The predicted molar refractivity (Wildman–Crippen MR) is 28.5 cm³/mol. The van der Waals surface area contributed by atoms with E-state index in [2.05, 4.69) is 0 Å². The van der Waals surface area contributed by atoms with Crippen LogP contribution in [0.2, 0.25) is 0 Å². The quantitative estimate of drug-likeness (QED) is 0.538. The van der Waals surface area contributed by atoms with E-state index in [4.69, 9.17) is 4.42 Å². The van der Waals surface area contributed by atoms with E-state index in [1.807, 2.05) is 19.1 Å². The smallest absolute Gasteiger partial charge is 0.100 e. The maximum atomic E-state index is 4.83. The summed E-state index contributed by atoms with van der Waals surface area (Å²) in [6, 6.07) is 3.79. The minimum Gasteiger partial charge on any atom is -0.470 e. The van der Waals surface area contributed by atoms with E-state index in [-0.39, 0.29) is 6.15 Å². The second-order valence-corrected chi connectivity index (χ2v) is 1.22. The summed E-state index contributed by atoms with van der Waals surface area (Å²) in [6.45, 7) is 1.92. The Bertz CT molecular complexity index is 112. The average molecular weight is 99.1 g/mol. The molecule has 1 rings (SSSR count). The lowest BCUT2D eigenvalue weighted by Gasteiger charge is -1.69. The summed E-state index contributed by atoms with van der Waals surface area (Å²) in [4.78, 5) is 0. The molecule has 0 spiro atoms. The number of hydrogen-bond donors (Lipinski definition) is 1. The summed E-state index contributed by atoms with van der Waals surface area (Å²) in [5.74, 6) is 0.968. The zero-order chi connectivity index (χ0) is 4.41. The van der Waals surface area contributed by atoms with Crippen LogP contribution in [0.5, 0.6) is 0 Å². The van der Waals surface area contributed by atoms with E-state index in [0.29, 0.717) is 0 Å². The molecule has 0 saturated carbocycles. The molecule has 0 aliphatic carbocycles. The largest absolute Gasteiger partial charge is 0.470 e. The minimum absolute atomic E-state index is 0. The zero-order valence-electron chi connectivity index (χ0n) is 4.35. The molecule has 0 atom stereocenters. The van der Waals surface area contributed by atoms with Gasteiger partial charge in [0, 0.05) is 0 Å². The highest BCUT2D eigenvalue weighted by molar-refractivity contribution is 4.93. The summed E-state index contributed by atoms with van der Waals surface area (Å²) < 4.78 is 4.83. The third-order valence-electron chi connectivity index (χ3n) is 0.663. The normalized spacial score (nSPS) is 7.57. The number of hydrogen-bond acceptors (Lipinski definition) is 2. The van der Waals surface area contributed by atoms with Gasteiger partial charge in [0.1, 0.15) is 5.76 Å². The summed E-state index contributed by atoms with van der Waals surface area (Å²) in [6.07, 6.45) is 1.66. The van der Waals surface area contributed by atoms with Crippen molar-refractivity contribution in [3.05, 3.63) is 24.2 Å². The van der Waals surface area contributed by atoms with Gasteiger partial charge in [-0.3, -0.25) is 0 Å². The van der Waals surface area contributed by atoms with Gasteiger partial charge in [0.05, 0.1) is 6.26 Å². The molecular weight excluding hydrogens is 90.1 g/mol. The van der Waals surface area contributed by atoms with Gasteiger partial charge in [-0.05, 0) is 19.1 Å². The third-order valence-corrected chi connectivity index (χ3v) is 0.663. The maximum Gasteiger partial charge on any atom is 0.100 e. The summed E-state index contributed by atoms with van der Waals surface area (Å²) in [5, 5.41) is 0. The highest BCUT2D eigenvalue weighted by Crippen LogP contribution is 1.93. The first kappa shape index (κ1) is 6.24. The van der Waals surface area contributed by atoms with Gasteiger partial charge < -0.3 is 10.6 Å². The molecular formula is C5H9NO. The van der Waals surface area contributed by atoms with Gasteiger partial charge in [-0.15, -0.1) is 0 Å². The SMILES string of the molecule is Cc1ccco1.N. The van der Waals surface area contributed by atoms with Gasteiger partial charge in [0.2, 0.25) is 0 Å². The molecule has 0 aliphatic heterocycles. The van der Waals surface area contributed by atoms with Gasteiger partial charge in [-0.1, -0.05) is 0 Å². The van der Waals surface area contributed by atoms with Crippen LogP contribution in [0.25, 0.3) is 0 Å². The lowest BCUT2D eigenvalue weighted by atomic mass is 10.5. The van der Waals surface area contributed by atoms with E-state index in [1.165, 1.54) is 0 Å². The van der Waals surface area contributed by atoms with E-state index < -0.39 is 0 Å². The van der Waals surface area contributed by atoms with Crippen molar-refractivity contribution in [3.8, 4) is 0 Å². The second kappa shape index (κ2) is 2.42. The molecule has 1 heterocycles. The van der Waals surface area contributed by atoms with Gasteiger partial charge in [0.25, 0.3) is 0 Å². The van der Waals surface area contributed by atoms with Crippen LogP contribution in [0.1, 0.15) is 5.76 Å². The topological polar surface area (TPSA) is 48.1 Å². The van der Waals surface area contributed by atoms with Crippen molar-refractivity contribution >= 4 is 0 Å². The lowest BCUT2D eigenvalue weighted by Crippen LogP contribution is -1.48. The van der Waals surface area contributed by atoms with Crippen molar-refractivity contribution in [1.82, 2.24) is 6.15 Å². The van der Waals surface area contributed by atoms with Crippen molar-refractivity contribution in [2.45, 2.75) is 6.92 Å². The molecule has 1 aromatic heterocycles. The van der Waals surface area contributed by atoms with Crippen molar-refractivity contribution in [1.29, 1.82) is 0 Å². The van der Waals surface area contributed by atoms with Crippen molar-refractivity contribution in [3.63, 3.8) is 0 Å². The van der Waals surface area contributed by atoms with Gasteiger partial charge >= 0.3 is 0 Å². The van der Waals surface area contributed by atoms with E-state index in [9.17, 15) is 0 Å². The monoisotopic (exact) mass is 99.1 g/mol. The van der Waals surface area contributed by atoms with E-state index >= 15 is 0 Å². The van der Waals surface area contributed by atoms with Crippen LogP contribution < -0.4 is 6.15 Å². The molecule has 0 amide bonds. The molecule has 2 nitrogen and oxygen atoms in total. The molecule has 0 saturated heterocycles. The molecule has 0 fully saturated rings. The van der Waals surface area contributed by atoms with E-state index in [0.717, 1.165) is 5.76 Å². The molecule has 0 bridgehead atoms. The van der Waals surface area contributed by atoms with Gasteiger partial charge in [0.15, 0.2) is 0 Å². The van der Waals surface area contributed by atoms with Crippen LogP contribution in [-0.4, -0.2) is 0 Å². The molecule has 7 heavy (non-hydrogen) atoms. The molecule has 0 radical (unpaired) electrons. The average Bonchev–Trinajstić information content (AvgIpc) is 1.86. The molecule has 1 aromatic rings. The molecule has 2 heteroatoms. The Hall–Kier alpha value is -0.760. The third kappa shape index (κ3) is 1.41. The van der Waals surface area contributed by atoms with Crippen LogP contribution in [-0.2, 0) is 0 Å². The summed E-state index contributed by atoms with van der Waals surface area (Å²) in [7, 11) is 0. The standard InChI is InChI=1S/C5H6O.H3N/c1-5-3-2-4-6-5;/h2-4H,1H3;1H3. The number of furan rings is 1. The summed E-state index contributed by atoms with van der Waals surface area (Å²) >= 11 is 0. The highest BCUT2D eigenvalue weighted by atomic mass is 16.3. The van der Waals surface area contributed by atoms with Crippen LogP contribution in [0.15, 0.2) is 22.8 Å². The first-order chi connectivity index (χ1) is 2.89. The van der Waals surface area contributed by atoms with Gasteiger partial charge in [-0.25, -0.2) is 0 Å².